The summed E-state index contributed by atoms with van der Waals surface area (Å²) in [5.74, 6) is 2.08. The molecule has 0 unspecified atom stereocenters. The predicted octanol–water partition coefficient (Wildman–Crippen LogP) is 2.44. The molecular weight excluding hydrogens is 148 g/mol. The van der Waals surface area contributed by atoms with E-state index in [2.05, 4.69) is 20.8 Å². The maximum absolute atomic E-state index is 10.1. The first-order valence-electron chi connectivity index (χ1n) is 5.12. The zero-order valence-corrected chi connectivity index (χ0v) is 8.59. The molecule has 1 N–H and O–H groups in total. The highest BCUT2D eigenvalue weighted by atomic mass is 16.3. The van der Waals surface area contributed by atoms with E-state index in [0.29, 0.717) is 11.3 Å². The van der Waals surface area contributed by atoms with Gasteiger partial charge in [-0.05, 0) is 42.9 Å². The average molecular weight is 168 g/mol. The lowest BCUT2D eigenvalue weighted by Crippen LogP contribution is -2.30. The highest BCUT2D eigenvalue weighted by Crippen LogP contribution is 2.72. The van der Waals surface area contributed by atoms with Crippen LogP contribution in [0.25, 0.3) is 0 Å². The predicted molar refractivity (Wildman–Crippen MR) is 49.8 cm³/mol. The van der Waals surface area contributed by atoms with Crippen molar-refractivity contribution >= 4 is 0 Å². The molecular formula is C11H20O. The van der Waals surface area contributed by atoms with E-state index in [1.54, 1.807) is 0 Å². The molecule has 4 atom stereocenters. The summed E-state index contributed by atoms with van der Waals surface area (Å²) < 4.78 is 0. The molecule has 2 aliphatic carbocycles. The lowest BCUT2D eigenvalue weighted by atomic mass is 9.85. The summed E-state index contributed by atoms with van der Waals surface area (Å²) in [7, 11) is 0. The van der Waals surface area contributed by atoms with Crippen LogP contribution < -0.4 is 0 Å². The number of hydrogen-bond acceptors (Lipinski definition) is 1. The van der Waals surface area contributed by atoms with Crippen LogP contribution in [-0.2, 0) is 0 Å². The fraction of sp³-hybridized carbons (Fsp3) is 1.00. The maximum atomic E-state index is 10.1. The molecule has 2 aliphatic rings. The van der Waals surface area contributed by atoms with E-state index in [1.165, 1.54) is 6.42 Å². The summed E-state index contributed by atoms with van der Waals surface area (Å²) in [6.45, 7) is 8.82. The van der Waals surface area contributed by atoms with Crippen molar-refractivity contribution in [1.29, 1.82) is 0 Å². The van der Waals surface area contributed by atoms with Crippen molar-refractivity contribution in [3.05, 3.63) is 0 Å². The second kappa shape index (κ2) is 2.06. The summed E-state index contributed by atoms with van der Waals surface area (Å²) in [6.07, 6.45) is 2.39. The molecule has 2 fully saturated rings. The average Bonchev–Trinajstić information content (AvgIpc) is 2.57. The van der Waals surface area contributed by atoms with Crippen LogP contribution in [0.5, 0.6) is 0 Å². The van der Waals surface area contributed by atoms with Crippen molar-refractivity contribution < 1.29 is 5.11 Å². The number of fused-ring (bicyclic) bond motifs is 1. The monoisotopic (exact) mass is 168 g/mol. The number of aliphatic hydroxyl groups is 1. The van der Waals surface area contributed by atoms with E-state index in [-0.39, 0.29) is 5.60 Å². The van der Waals surface area contributed by atoms with Gasteiger partial charge in [0.05, 0.1) is 5.60 Å². The molecule has 1 nitrogen and oxygen atoms in total. The van der Waals surface area contributed by atoms with Crippen molar-refractivity contribution in [3.63, 3.8) is 0 Å². The minimum atomic E-state index is -0.382. The van der Waals surface area contributed by atoms with Crippen molar-refractivity contribution in [2.45, 2.75) is 46.1 Å². The molecule has 0 aliphatic heterocycles. The Bertz CT molecular complexity index is 207. The Hall–Kier alpha value is -0.0400. The third kappa shape index (κ3) is 0.834. The van der Waals surface area contributed by atoms with Crippen molar-refractivity contribution in [3.8, 4) is 0 Å². The summed E-state index contributed by atoms with van der Waals surface area (Å²) in [5.41, 5.74) is 0.135. The largest absolute Gasteiger partial charge is 0.390 e. The highest BCUT2D eigenvalue weighted by molar-refractivity contribution is 5.17. The molecule has 0 heterocycles. The SMILES string of the molecule is CC(C)[C@@]12C[C@@H]1[C@H](C)[C@](C)(O)C2. The number of rotatable bonds is 1. The molecule has 0 amide bonds. The van der Waals surface area contributed by atoms with E-state index in [0.717, 1.165) is 18.3 Å². The fourth-order valence-corrected chi connectivity index (χ4v) is 3.36. The summed E-state index contributed by atoms with van der Waals surface area (Å²) in [5, 5.41) is 10.1. The Labute approximate surface area is 75.2 Å². The van der Waals surface area contributed by atoms with Crippen LogP contribution in [0.2, 0.25) is 0 Å². The van der Waals surface area contributed by atoms with Gasteiger partial charge in [0.1, 0.15) is 0 Å². The Morgan fingerprint density at radius 1 is 1.42 bits per heavy atom. The lowest BCUT2D eigenvalue weighted by Gasteiger charge is -2.27. The normalized spacial score (nSPS) is 57.5. The standard InChI is InChI=1S/C11H20O/c1-7(2)11-5-9(11)8(3)10(4,12)6-11/h7-9,12H,5-6H2,1-4H3/t8-,9+,10+,11-/m0/s1. The minimum Gasteiger partial charge on any atom is -0.390 e. The van der Waals surface area contributed by atoms with Crippen molar-refractivity contribution in [2.24, 2.45) is 23.2 Å². The maximum Gasteiger partial charge on any atom is 0.0653 e. The smallest absolute Gasteiger partial charge is 0.0653 e. The van der Waals surface area contributed by atoms with Gasteiger partial charge in [-0.15, -0.1) is 0 Å². The molecule has 0 radical (unpaired) electrons. The zero-order chi connectivity index (χ0) is 9.15. The van der Waals surface area contributed by atoms with Gasteiger partial charge >= 0.3 is 0 Å². The third-order valence-corrected chi connectivity index (χ3v) is 4.60. The Morgan fingerprint density at radius 3 is 2.25 bits per heavy atom. The molecule has 0 aromatic heterocycles. The lowest BCUT2D eigenvalue weighted by molar-refractivity contribution is 0.00543. The molecule has 70 valence electrons. The van der Waals surface area contributed by atoms with Gasteiger partial charge < -0.3 is 5.11 Å². The molecule has 0 bridgehead atoms. The zero-order valence-electron chi connectivity index (χ0n) is 8.59. The van der Waals surface area contributed by atoms with E-state index in [9.17, 15) is 5.11 Å². The van der Waals surface area contributed by atoms with Crippen molar-refractivity contribution in [2.75, 3.05) is 0 Å². The van der Waals surface area contributed by atoms with Crippen LogP contribution in [0.3, 0.4) is 0 Å². The highest BCUT2D eigenvalue weighted by Gasteiger charge is 2.68. The van der Waals surface area contributed by atoms with Gasteiger partial charge in [0.25, 0.3) is 0 Å². The first-order chi connectivity index (χ1) is 5.40. The van der Waals surface area contributed by atoms with Crippen LogP contribution in [0.4, 0.5) is 0 Å². The third-order valence-electron chi connectivity index (χ3n) is 4.60. The Kier molecular flexibility index (Phi) is 1.47. The van der Waals surface area contributed by atoms with E-state index < -0.39 is 0 Å². The Balaban J connectivity index is 2.20. The number of hydrogen-bond donors (Lipinski definition) is 1. The van der Waals surface area contributed by atoms with Gasteiger partial charge in [0.2, 0.25) is 0 Å². The molecule has 2 saturated carbocycles. The molecule has 1 heteroatoms. The summed E-state index contributed by atoms with van der Waals surface area (Å²) in [4.78, 5) is 0. The molecule has 0 aromatic rings. The first-order valence-corrected chi connectivity index (χ1v) is 5.12. The van der Waals surface area contributed by atoms with Gasteiger partial charge in [-0.3, -0.25) is 0 Å². The van der Waals surface area contributed by atoms with E-state index in [1.807, 2.05) is 6.92 Å². The second-order valence-electron chi connectivity index (χ2n) is 5.52. The van der Waals surface area contributed by atoms with Gasteiger partial charge in [-0.25, -0.2) is 0 Å². The Morgan fingerprint density at radius 2 is 2.00 bits per heavy atom. The van der Waals surface area contributed by atoms with Crippen LogP contribution in [-0.4, -0.2) is 10.7 Å². The van der Waals surface area contributed by atoms with Gasteiger partial charge in [0.15, 0.2) is 0 Å². The summed E-state index contributed by atoms with van der Waals surface area (Å²) in [6, 6.07) is 0. The van der Waals surface area contributed by atoms with Gasteiger partial charge in [0, 0.05) is 0 Å². The fourth-order valence-electron chi connectivity index (χ4n) is 3.36. The molecule has 0 spiro atoms. The van der Waals surface area contributed by atoms with Crippen LogP contribution in [0.15, 0.2) is 0 Å². The summed E-state index contributed by atoms with van der Waals surface area (Å²) >= 11 is 0. The molecule has 2 rings (SSSR count). The van der Waals surface area contributed by atoms with Crippen LogP contribution in [0.1, 0.15) is 40.5 Å². The first kappa shape index (κ1) is 8.55. The second-order valence-corrected chi connectivity index (χ2v) is 5.52. The van der Waals surface area contributed by atoms with Gasteiger partial charge in [-0.1, -0.05) is 20.8 Å². The molecule has 0 saturated heterocycles. The van der Waals surface area contributed by atoms with Crippen molar-refractivity contribution in [1.82, 2.24) is 0 Å². The topological polar surface area (TPSA) is 20.2 Å². The minimum absolute atomic E-state index is 0.382. The quantitative estimate of drug-likeness (QED) is 0.637. The van der Waals surface area contributed by atoms with Crippen LogP contribution in [0, 0.1) is 23.2 Å². The van der Waals surface area contributed by atoms with Crippen LogP contribution >= 0.6 is 0 Å². The van der Waals surface area contributed by atoms with Gasteiger partial charge in [-0.2, -0.15) is 0 Å². The van der Waals surface area contributed by atoms with E-state index in [4.69, 9.17) is 0 Å². The molecule has 0 aromatic carbocycles. The van der Waals surface area contributed by atoms with E-state index >= 15 is 0 Å². The molecule has 12 heavy (non-hydrogen) atoms.